The Hall–Kier alpha value is -0.180. The highest BCUT2D eigenvalue weighted by Gasteiger charge is 2.12. The maximum atomic E-state index is 5.84. The Kier molecular flexibility index (Phi) is 5.01. The van der Waals surface area contributed by atoms with Crippen molar-refractivity contribution in [1.29, 1.82) is 0 Å². The summed E-state index contributed by atoms with van der Waals surface area (Å²) in [5, 5.41) is 5.16. The Morgan fingerprint density at radius 3 is 2.75 bits per heavy atom. The van der Waals surface area contributed by atoms with Gasteiger partial charge in [-0.25, -0.2) is 0 Å². The molecule has 0 spiro atoms. The van der Waals surface area contributed by atoms with Gasteiger partial charge in [0.05, 0.1) is 0 Å². The summed E-state index contributed by atoms with van der Waals surface area (Å²) in [4.78, 5) is 0. The summed E-state index contributed by atoms with van der Waals surface area (Å²) in [5.41, 5.74) is 1.31. The third-order valence-electron chi connectivity index (χ3n) is 2.89. The zero-order chi connectivity index (χ0) is 11.2. The Labute approximate surface area is 107 Å². The zero-order valence-electron chi connectivity index (χ0n) is 9.42. The van der Waals surface area contributed by atoms with Gasteiger partial charge in [0.15, 0.2) is 0 Å². The Bertz CT molecular complexity index is 306. The lowest BCUT2D eigenvalue weighted by Gasteiger charge is -2.21. The van der Waals surface area contributed by atoms with E-state index in [-0.39, 0.29) is 0 Å². The van der Waals surface area contributed by atoms with E-state index in [9.17, 15) is 0 Å². The Morgan fingerprint density at radius 1 is 1.25 bits per heavy atom. The first-order chi connectivity index (χ1) is 7.84. The highest BCUT2D eigenvalue weighted by atomic mass is 35.5. The Morgan fingerprint density at radius 2 is 2.06 bits per heavy atom. The summed E-state index contributed by atoms with van der Waals surface area (Å²) in [6.07, 6.45) is 4.18. The standard InChI is InChI=1S/C13H18ClNS/c14-12-6-4-11(5-7-12)9-15-10-13-3-1-2-8-16-13/h4-7,13,15H,1-3,8-10H2. The predicted octanol–water partition coefficient (Wildman–Crippen LogP) is 3.72. The molecule has 1 aliphatic heterocycles. The van der Waals surface area contributed by atoms with Crippen molar-refractivity contribution in [2.24, 2.45) is 0 Å². The molecule has 0 radical (unpaired) electrons. The molecule has 1 heterocycles. The molecule has 1 aromatic carbocycles. The molecule has 0 amide bonds. The van der Waals surface area contributed by atoms with Gasteiger partial charge in [-0.3, -0.25) is 0 Å². The molecule has 1 nitrogen and oxygen atoms in total. The number of hydrogen-bond acceptors (Lipinski definition) is 2. The lowest BCUT2D eigenvalue weighted by atomic mass is 10.2. The molecular weight excluding hydrogens is 238 g/mol. The van der Waals surface area contributed by atoms with Crippen LogP contribution in [0.2, 0.25) is 5.02 Å². The fourth-order valence-electron chi connectivity index (χ4n) is 1.95. The molecule has 88 valence electrons. The number of thioether (sulfide) groups is 1. The normalized spacial score (nSPS) is 20.9. The van der Waals surface area contributed by atoms with Crippen molar-refractivity contribution >= 4 is 23.4 Å². The van der Waals surface area contributed by atoms with E-state index in [1.807, 2.05) is 12.1 Å². The Balaban J connectivity index is 1.69. The molecule has 0 bridgehead atoms. The topological polar surface area (TPSA) is 12.0 Å². The highest BCUT2D eigenvalue weighted by molar-refractivity contribution is 7.99. The minimum atomic E-state index is 0.812. The van der Waals surface area contributed by atoms with Crippen LogP contribution < -0.4 is 5.32 Å². The molecule has 1 saturated heterocycles. The summed E-state index contributed by atoms with van der Waals surface area (Å²) in [7, 11) is 0. The minimum absolute atomic E-state index is 0.812. The van der Waals surface area contributed by atoms with Crippen LogP contribution in [0.5, 0.6) is 0 Å². The molecular formula is C13H18ClNS. The summed E-state index contributed by atoms with van der Waals surface area (Å²) < 4.78 is 0. The molecule has 1 aromatic rings. The van der Waals surface area contributed by atoms with Gasteiger partial charge in [0.1, 0.15) is 0 Å². The maximum absolute atomic E-state index is 5.84. The highest BCUT2D eigenvalue weighted by Crippen LogP contribution is 2.24. The van der Waals surface area contributed by atoms with Crippen molar-refractivity contribution in [3.8, 4) is 0 Å². The van der Waals surface area contributed by atoms with Gasteiger partial charge in [0, 0.05) is 23.4 Å². The van der Waals surface area contributed by atoms with Crippen LogP contribution in [0.3, 0.4) is 0 Å². The minimum Gasteiger partial charge on any atom is -0.312 e. The van der Waals surface area contributed by atoms with Gasteiger partial charge in [-0.15, -0.1) is 0 Å². The first-order valence-electron chi connectivity index (χ1n) is 5.91. The van der Waals surface area contributed by atoms with E-state index >= 15 is 0 Å². The van der Waals surface area contributed by atoms with Crippen LogP contribution in [0, 0.1) is 0 Å². The van der Waals surface area contributed by atoms with Crippen molar-refractivity contribution < 1.29 is 0 Å². The molecule has 0 saturated carbocycles. The second-order valence-electron chi connectivity index (χ2n) is 4.25. The molecule has 1 unspecified atom stereocenters. The third kappa shape index (κ3) is 4.00. The van der Waals surface area contributed by atoms with Gasteiger partial charge in [-0.1, -0.05) is 30.2 Å². The SMILES string of the molecule is Clc1ccc(CNCC2CCCCS2)cc1. The van der Waals surface area contributed by atoms with Crippen molar-refractivity contribution in [2.75, 3.05) is 12.3 Å². The van der Waals surface area contributed by atoms with E-state index in [4.69, 9.17) is 11.6 Å². The lowest BCUT2D eigenvalue weighted by Crippen LogP contribution is -2.26. The summed E-state index contributed by atoms with van der Waals surface area (Å²) in [6.45, 7) is 2.08. The molecule has 2 rings (SSSR count). The van der Waals surface area contributed by atoms with Crippen LogP contribution in [-0.2, 0) is 6.54 Å². The van der Waals surface area contributed by atoms with E-state index in [2.05, 4.69) is 29.2 Å². The van der Waals surface area contributed by atoms with E-state index in [0.717, 1.165) is 23.4 Å². The van der Waals surface area contributed by atoms with Gasteiger partial charge < -0.3 is 5.32 Å². The van der Waals surface area contributed by atoms with Crippen LogP contribution in [0.1, 0.15) is 24.8 Å². The fraction of sp³-hybridized carbons (Fsp3) is 0.538. The lowest BCUT2D eigenvalue weighted by molar-refractivity contribution is 0.598. The second kappa shape index (κ2) is 6.53. The molecule has 3 heteroatoms. The van der Waals surface area contributed by atoms with E-state index in [1.54, 1.807) is 0 Å². The smallest absolute Gasteiger partial charge is 0.0406 e. The number of halogens is 1. The van der Waals surface area contributed by atoms with Gasteiger partial charge >= 0.3 is 0 Å². The van der Waals surface area contributed by atoms with Gasteiger partial charge in [-0.2, -0.15) is 11.8 Å². The maximum Gasteiger partial charge on any atom is 0.0406 e. The van der Waals surface area contributed by atoms with E-state index < -0.39 is 0 Å². The third-order valence-corrected chi connectivity index (χ3v) is 4.54. The number of rotatable bonds is 4. The molecule has 1 N–H and O–H groups in total. The molecule has 1 atom stereocenters. The van der Waals surface area contributed by atoms with Crippen molar-refractivity contribution in [3.05, 3.63) is 34.9 Å². The van der Waals surface area contributed by atoms with E-state index in [1.165, 1.54) is 30.6 Å². The van der Waals surface area contributed by atoms with Gasteiger partial charge in [-0.05, 0) is 36.3 Å². The van der Waals surface area contributed by atoms with Crippen LogP contribution >= 0.6 is 23.4 Å². The average Bonchev–Trinajstić information content (AvgIpc) is 2.33. The predicted molar refractivity (Wildman–Crippen MR) is 73.3 cm³/mol. The molecule has 0 aliphatic carbocycles. The van der Waals surface area contributed by atoms with Crippen molar-refractivity contribution in [3.63, 3.8) is 0 Å². The van der Waals surface area contributed by atoms with Crippen molar-refractivity contribution in [2.45, 2.75) is 31.1 Å². The second-order valence-corrected chi connectivity index (χ2v) is 6.09. The summed E-state index contributed by atoms with van der Waals surface area (Å²) in [5.74, 6) is 1.34. The average molecular weight is 256 g/mol. The van der Waals surface area contributed by atoms with Crippen molar-refractivity contribution in [1.82, 2.24) is 5.32 Å². The first-order valence-corrected chi connectivity index (χ1v) is 7.34. The zero-order valence-corrected chi connectivity index (χ0v) is 11.0. The summed E-state index contributed by atoms with van der Waals surface area (Å²) >= 11 is 7.96. The molecule has 1 aliphatic rings. The number of hydrogen-bond donors (Lipinski definition) is 1. The summed E-state index contributed by atoms with van der Waals surface area (Å²) in [6, 6.07) is 8.08. The van der Waals surface area contributed by atoms with E-state index in [0.29, 0.717) is 0 Å². The first kappa shape index (κ1) is 12.3. The largest absolute Gasteiger partial charge is 0.312 e. The number of nitrogens with one attached hydrogen (secondary N) is 1. The van der Waals surface area contributed by atoms with Crippen LogP contribution in [0.4, 0.5) is 0 Å². The van der Waals surface area contributed by atoms with Gasteiger partial charge in [0.25, 0.3) is 0 Å². The molecule has 0 aromatic heterocycles. The monoisotopic (exact) mass is 255 g/mol. The van der Waals surface area contributed by atoms with Crippen LogP contribution in [-0.4, -0.2) is 17.5 Å². The van der Waals surface area contributed by atoms with Gasteiger partial charge in [0.2, 0.25) is 0 Å². The van der Waals surface area contributed by atoms with Crippen LogP contribution in [0.25, 0.3) is 0 Å². The fourth-order valence-corrected chi connectivity index (χ4v) is 3.35. The molecule has 16 heavy (non-hydrogen) atoms. The molecule has 1 fully saturated rings. The quantitative estimate of drug-likeness (QED) is 0.880. The van der Waals surface area contributed by atoms with Crippen LogP contribution in [0.15, 0.2) is 24.3 Å². The number of benzene rings is 1.